The number of sulfonamides is 1. The molecule has 1 fully saturated rings. The van der Waals surface area contributed by atoms with Crippen molar-refractivity contribution in [3.8, 4) is 5.75 Å². The van der Waals surface area contributed by atoms with Gasteiger partial charge in [0.05, 0.1) is 25.2 Å². The Kier molecular flexibility index (Phi) is 7.72. The second-order valence-electron chi connectivity index (χ2n) is 9.53. The fourth-order valence-electron chi connectivity index (χ4n) is 4.77. The molecule has 2 aliphatic rings. The van der Waals surface area contributed by atoms with Crippen LogP contribution in [0.3, 0.4) is 0 Å². The number of ether oxygens (including phenoxy) is 1. The van der Waals surface area contributed by atoms with Gasteiger partial charge in [-0.05, 0) is 66.4 Å². The number of anilines is 1. The fourth-order valence-corrected chi connectivity index (χ4v) is 9.34. The predicted octanol–water partition coefficient (Wildman–Crippen LogP) is 4.72. The molecular weight excluding hydrogens is 547 g/mol. The van der Waals surface area contributed by atoms with Gasteiger partial charge in [-0.3, -0.25) is 13.9 Å². The maximum Gasteiger partial charge on any atom is 0.252 e. The Bertz CT molecular complexity index is 1430. The van der Waals surface area contributed by atoms with Crippen molar-refractivity contribution in [3.63, 3.8) is 0 Å². The number of piperidine rings is 1. The standard InChI is InChI=1S/C26H31N3O6S3/c1-35-23-4-2-3-18(14-23)26(30)27-15-24-7-8-25(36-24)38(33,34)29-11-9-21(10-12-29)28-22-6-5-19-16-37(31,32)17-20(19)13-22/h2-8,13-14,21,28,31-32H,9-12,15-17H2,1H3,(H,27,30). The Hall–Kier alpha value is -2.61. The lowest BCUT2D eigenvalue weighted by Gasteiger charge is -2.31. The number of rotatable bonds is 8. The molecule has 0 unspecified atom stereocenters. The van der Waals surface area contributed by atoms with Gasteiger partial charge < -0.3 is 15.4 Å². The minimum atomic E-state index is -3.62. The summed E-state index contributed by atoms with van der Waals surface area (Å²) in [6.07, 6.45) is 1.33. The van der Waals surface area contributed by atoms with Gasteiger partial charge in [0.25, 0.3) is 15.9 Å². The van der Waals surface area contributed by atoms with Crippen LogP contribution in [0.1, 0.15) is 39.2 Å². The van der Waals surface area contributed by atoms with Crippen molar-refractivity contribution in [1.29, 1.82) is 0 Å². The molecule has 2 aromatic carbocycles. The van der Waals surface area contributed by atoms with Crippen molar-refractivity contribution in [2.75, 3.05) is 25.5 Å². The van der Waals surface area contributed by atoms with E-state index in [9.17, 15) is 22.3 Å². The topological polar surface area (TPSA) is 128 Å². The average molecular weight is 578 g/mol. The molecule has 1 saturated heterocycles. The SMILES string of the molecule is COc1cccc(C(=O)NCc2ccc(S(=O)(=O)N3CCC(Nc4ccc5c(c4)CS(O)(O)C5)CC3)s2)c1. The molecule has 12 heteroatoms. The number of fused-ring (bicyclic) bond motifs is 1. The number of carbonyl (C=O) groups is 1. The second kappa shape index (κ2) is 10.9. The molecular formula is C26H31N3O6S3. The molecule has 0 spiro atoms. The zero-order valence-corrected chi connectivity index (χ0v) is 23.4. The van der Waals surface area contributed by atoms with E-state index in [2.05, 4.69) is 10.6 Å². The summed E-state index contributed by atoms with van der Waals surface area (Å²) in [6, 6.07) is 16.2. The summed E-state index contributed by atoms with van der Waals surface area (Å²) >= 11 is 1.17. The van der Waals surface area contributed by atoms with Gasteiger partial charge in [0.15, 0.2) is 0 Å². The van der Waals surface area contributed by atoms with Crippen molar-refractivity contribution < 1.29 is 27.1 Å². The van der Waals surface area contributed by atoms with Crippen molar-refractivity contribution >= 4 is 43.5 Å². The zero-order valence-electron chi connectivity index (χ0n) is 20.9. The van der Waals surface area contributed by atoms with Gasteiger partial charge in [0, 0.05) is 35.3 Å². The highest BCUT2D eigenvalue weighted by molar-refractivity contribution is 8.23. The molecule has 0 radical (unpaired) electrons. The smallest absolute Gasteiger partial charge is 0.252 e. The number of amides is 1. The molecule has 0 saturated carbocycles. The summed E-state index contributed by atoms with van der Waals surface area (Å²) in [5.41, 5.74) is 3.33. The summed E-state index contributed by atoms with van der Waals surface area (Å²) in [4.78, 5) is 13.2. The first-order valence-electron chi connectivity index (χ1n) is 12.3. The minimum Gasteiger partial charge on any atom is -0.497 e. The van der Waals surface area contributed by atoms with Crippen LogP contribution in [0.2, 0.25) is 0 Å². The van der Waals surface area contributed by atoms with Crippen LogP contribution in [0.15, 0.2) is 58.8 Å². The molecule has 2 aliphatic heterocycles. The lowest BCUT2D eigenvalue weighted by molar-refractivity contribution is 0.0951. The summed E-state index contributed by atoms with van der Waals surface area (Å²) in [6.45, 7) is 1.05. The fraction of sp³-hybridized carbons (Fsp3) is 0.346. The van der Waals surface area contributed by atoms with Crippen molar-refractivity contribution in [3.05, 3.63) is 76.2 Å². The van der Waals surface area contributed by atoms with Gasteiger partial charge in [0.1, 0.15) is 9.96 Å². The van der Waals surface area contributed by atoms with Crippen LogP contribution < -0.4 is 15.4 Å². The summed E-state index contributed by atoms with van der Waals surface area (Å²) in [5.74, 6) is 0.946. The second-order valence-corrected chi connectivity index (χ2v) is 15.0. The molecule has 0 aliphatic carbocycles. The molecule has 1 amide bonds. The van der Waals surface area contributed by atoms with Crippen LogP contribution in [0.25, 0.3) is 0 Å². The number of nitrogens with zero attached hydrogens (tertiary/aromatic N) is 1. The third-order valence-electron chi connectivity index (χ3n) is 6.79. The van der Waals surface area contributed by atoms with Crippen LogP contribution in [0, 0.1) is 0 Å². The maximum absolute atomic E-state index is 13.3. The minimum absolute atomic E-state index is 0.131. The Balaban J connectivity index is 1.14. The monoisotopic (exact) mass is 577 g/mol. The van der Waals surface area contributed by atoms with E-state index in [-0.39, 0.29) is 22.7 Å². The summed E-state index contributed by atoms with van der Waals surface area (Å²) < 4.78 is 53.4. The molecule has 9 nitrogen and oxygen atoms in total. The Morgan fingerprint density at radius 3 is 2.61 bits per heavy atom. The molecule has 3 heterocycles. The van der Waals surface area contributed by atoms with Gasteiger partial charge in [-0.15, -0.1) is 11.3 Å². The maximum atomic E-state index is 13.3. The van der Waals surface area contributed by atoms with E-state index in [1.165, 1.54) is 22.8 Å². The molecule has 0 atom stereocenters. The normalized spacial score (nSPS) is 18.5. The average Bonchev–Trinajstić information content (AvgIpc) is 3.51. The lowest BCUT2D eigenvalue weighted by Crippen LogP contribution is -2.42. The molecule has 4 N–H and O–H groups in total. The Morgan fingerprint density at radius 2 is 1.84 bits per heavy atom. The highest BCUT2D eigenvalue weighted by atomic mass is 32.3. The molecule has 38 heavy (non-hydrogen) atoms. The van der Waals surface area contributed by atoms with E-state index in [1.807, 2.05) is 18.2 Å². The third kappa shape index (κ3) is 6.00. The first-order valence-corrected chi connectivity index (χ1v) is 16.4. The Morgan fingerprint density at radius 1 is 1.08 bits per heavy atom. The van der Waals surface area contributed by atoms with E-state index >= 15 is 0 Å². The van der Waals surface area contributed by atoms with Gasteiger partial charge in [-0.2, -0.15) is 14.9 Å². The van der Waals surface area contributed by atoms with E-state index < -0.39 is 20.6 Å². The van der Waals surface area contributed by atoms with E-state index in [4.69, 9.17) is 4.74 Å². The number of hydrogen-bond donors (Lipinski definition) is 4. The lowest BCUT2D eigenvalue weighted by atomic mass is 10.0. The number of carbonyl (C=O) groups excluding carboxylic acids is 1. The van der Waals surface area contributed by atoms with Gasteiger partial charge in [-0.25, -0.2) is 8.42 Å². The van der Waals surface area contributed by atoms with Crippen molar-refractivity contribution in [2.24, 2.45) is 0 Å². The third-order valence-corrected chi connectivity index (χ3v) is 11.8. The number of benzene rings is 2. The predicted molar refractivity (Wildman–Crippen MR) is 151 cm³/mol. The van der Waals surface area contributed by atoms with Crippen molar-refractivity contribution in [1.82, 2.24) is 9.62 Å². The molecule has 0 bridgehead atoms. The summed E-state index contributed by atoms with van der Waals surface area (Å²) in [5, 5.41) is 6.31. The highest BCUT2D eigenvalue weighted by Crippen LogP contribution is 2.52. The number of thiophene rings is 1. The quantitative estimate of drug-likeness (QED) is 0.305. The van der Waals surface area contributed by atoms with Crippen LogP contribution >= 0.6 is 21.9 Å². The van der Waals surface area contributed by atoms with Crippen molar-refractivity contribution in [2.45, 2.75) is 41.1 Å². The molecule has 204 valence electrons. The largest absolute Gasteiger partial charge is 0.497 e. The Labute approximate surface area is 228 Å². The first kappa shape index (κ1) is 27.0. The van der Waals surface area contributed by atoms with E-state index in [0.29, 0.717) is 48.7 Å². The molecule has 5 rings (SSSR count). The van der Waals surface area contributed by atoms with Gasteiger partial charge in [0.2, 0.25) is 0 Å². The first-order chi connectivity index (χ1) is 18.1. The van der Waals surface area contributed by atoms with Crippen LogP contribution in [0.4, 0.5) is 5.69 Å². The van der Waals surface area contributed by atoms with E-state index in [0.717, 1.165) is 21.7 Å². The van der Waals surface area contributed by atoms with Gasteiger partial charge >= 0.3 is 0 Å². The number of nitrogens with one attached hydrogen (secondary N) is 2. The zero-order chi connectivity index (χ0) is 26.9. The van der Waals surface area contributed by atoms with Crippen LogP contribution in [0.5, 0.6) is 5.75 Å². The molecule has 3 aromatic rings. The summed E-state index contributed by atoms with van der Waals surface area (Å²) in [7, 11) is -4.63. The molecule has 1 aromatic heterocycles. The van der Waals surface area contributed by atoms with Crippen LogP contribution in [-0.4, -0.2) is 54.0 Å². The van der Waals surface area contributed by atoms with Gasteiger partial charge in [-0.1, -0.05) is 12.1 Å². The highest BCUT2D eigenvalue weighted by Gasteiger charge is 2.31. The number of hydrogen-bond acceptors (Lipinski definition) is 8. The number of methoxy groups -OCH3 is 1. The van der Waals surface area contributed by atoms with E-state index in [1.54, 1.807) is 36.4 Å². The van der Waals surface area contributed by atoms with Crippen LogP contribution in [-0.2, 0) is 28.1 Å².